The predicted octanol–water partition coefficient (Wildman–Crippen LogP) is 3.52. The number of halogens is 1. The number of carbonyl (C=O) groups is 1. The molecule has 0 aliphatic carbocycles. The Labute approximate surface area is 187 Å². The molecule has 0 saturated carbocycles. The van der Waals surface area contributed by atoms with Gasteiger partial charge in [0.1, 0.15) is 11.4 Å². The number of aryl methyl sites for hydroxylation is 1. The fourth-order valence-electron chi connectivity index (χ4n) is 2.60. The van der Waals surface area contributed by atoms with E-state index in [0.29, 0.717) is 9.87 Å². The van der Waals surface area contributed by atoms with Crippen molar-refractivity contribution in [1.82, 2.24) is 4.31 Å². The zero-order valence-electron chi connectivity index (χ0n) is 18.0. The van der Waals surface area contributed by atoms with Gasteiger partial charge in [0.15, 0.2) is 0 Å². The predicted molar refractivity (Wildman–Crippen MR) is 117 cm³/mol. The van der Waals surface area contributed by atoms with Gasteiger partial charge in [-0.05, 0) is 69.5 Å². The van der Waals surface area contributed by atoms with Crippen molar-refractivity contribution in [2.75, 3.05) is 11.3 Å². The number of ether oxygens (including phenoxy) is 1. The van der Waals surface area contributed by atoms with Crippen molar-refractivity contribution in [3.8, 4) is 0 Å². The Hall–Kier alpha value is -2.70. The number of rotatable bonds is 7. The highest BCUT2D eigenvalue weighted by Crippen LogP contribution is 2.22. The molecule has 0 bridgehead atoms. The van der Waals surface area contributed by atoms with E-state index in [1.165, 1.54) is 43.3 Å². The van der Waals surface area contributed by atoms with Gasteiger partial charge in [-0.2, -0.15) is 8.42 Å². The summed E-state index contributed by atoms with van der Waals surface area (Å²) in [7, 11) is -8.85. The molecule has 2 rings (SSSR count). The molecule has 32 heavy (non-hydrogen) atoms. The van der Waals surface area contributed by atoms with E-state index in [1.807, 2.05) is 4.72 Å². The van der Waals surface area contributed by atoms with Crippen LogP contribution in [0.25, 0.3) is 0 Å². The molecule has 0 atom stereocenters. The minimum atomic E-state index is -4.43. The first-order valence-corrected chi connectivity index (χ1v) is 12.3. The molecule has 0 aromatic heterocycles. The molecular weight excluding hydrogens is 463 g/mol. The molecule has 0 saturated heterocycles. The van der Waals surface area contributed by atoms with Crippen molar-refractivity contribution in [3.63, 3.8) is 0 Å². The number of hydrogen-bond acceptors (Lipinski definition) is 6. The van der Waals surface area contributed by atoms with Crippen LogP contribution in [0.5, 0.6) is 0 Å². The lowest BCUT2D eigenvalue weighted by atomic mass is 10.1. The number of benzene rings is 2. The molecule has 0 spiro atoms. The number of sulfonamides is 1. The number of carbonyl (C=O) groups excluding carboxylic acids is 1. The summed E-state index contributed by atoms with van der Waals surface area (Å²) in [5, 5.41) is 0. The minimum absolute atomic E-state index is 0.0684. The molecule has 2 aromatic rings. The summed E-state index contributed by atoms with van der Waals surface area (Å²) in [6, 6.07) is 9.09. The Kier molecular flexibility index (Phi) is 7.53. The Bertz CT molecular complexity index is 1190. The number of amides is 1. The van der Waals surface area contributed by atoms with Gasteiger partial charge in [0.05, 0.1) is 10.6 Å². The second kappa shape index (κ2) is 9.43. The lowest BCUT2D eigenvalue weighted by Crippen LogP contribution is -2.42. The molecule has 0 fully saturated rings. The monoisotopic (exact) mass is 488 g/mol. The molecule has 0 heterocycles. The van der Waals surface area contributed by atoms with E-state index in [9.17, 15) is 26.0 Å². The van der Waals surface area contributed by atoms with Gasteiger partial charge in [-0.25, -0.2) is 21.9 Å². The second-order valence-corrected chi connectivity index (χ2v) is 11.0. The largest absolute Gasteiger partial charge is 0.443 e. The molecule has 9 nitrogen and oxygen atoms in total. The third kappa shape index (κ3) is 7.18. The third-order valence-corrected chi connectivity index (χ3v) is 6.39. The Morgan fingerprint density at radius 1 is 1.09 bits per heavy atom. The molecule has 12 heteroatoms. The van der Waals surface area contributed by atoms with Gasteiger partial charge >= 0.3 is 16.4 Å². The van der Waals surface area contributed by atoms with E-state index >= 15 is 0 Å². The maximum absolute atomic E-state index is 14.0. The zero-order valence-corrected chi connectivity index (χ0v) is 19.6. The van der Waals surface area contributed by atoms with E-state index < -0.39 is 37.8 Å². The van der Waals surface area contributed by atoms with E-state index in [2.05, 4.69) is 0 Å². The average molecular weight is 489 g/mol. The molecular formula is C20H25FN2O7S2. The van der Waals surface area contributed by atoms with Crippen LogP contribution < -0.4 is 4.72 Å². The normalized spacial score (nSPS) is 12.3. The van der Waals surface area contributed by atoms with Crippen molar-refractivity contribution >= 4 is 32.1 Å². The first-order chi connectivity index (χ1) is 14.6. The molecule has 1 amide bonds. The third-order valence-electron chi connectivity index (χ3n) is 4.13. The van der Waals surface area contributed by atoms with E-state index in [0.717, 1.165) is 6.07 Å². The summed E-state index contributed by atoms with van der Waals surface area (Å²) in [4.78, 5) is 12.3. The minimum Gasteiger partial charge on any atom is -0.443 e. The fourth-order valence-corrected chi connectivity index (χ4v) is 4.35. The van der Waals surface area contributed by atoms with Crippen LogP contribution in [0.2, 0.25) is 0 Å². The van der Waals surface area contributed by atoms with Crippen LogP contribution in [-0.4, -0.2) is 43.9 Å². The summed E-state index contributed by atoms with van der Waals surface area (Å²) in [5.74, 6) is -0.725. The van der Waals surface area contributed by atoms with Crippen molar-refractivity contribution in [2.45, 2.75) is 44.6 Å². The SMILES string of the molecule is Cc1ccc(S(=O)(=O)N(CCc2ccc(NS(=O)(=O)O)cc2)C(=O)OC(C)(C)C)cc1F. The lowest BCUT2D eigenvalue weighted by molar-refractivity contribution is 0.0392. The van der Waals surface area contributed by atoms with Gasteiger partial charge in [-0.15, -0.1) is 0 Å². The van der Waals surface area contributed by atoms with Crippen molar-refractivity contribution in [3.05, 3.63) is 59.4 Å². The van der Waals surface area contributed by atoms with E-state index in [-0.39, 0.29) is 29.1 Å². The standard InChI is InChI=1S/C20H25FN2O7S2/c1-14-5-10-17(13-18(14)21)31(25,26)23(19(24)30-20(2,3)4)12-11-15-6-8-16(9-7-15)22-32(27,28)29/h5-10,13,22H,11-12H2,1-4H3,(H,27,28,29). The molecule has 176 valence electrons. The van der Waals surface area contributed by atoms with Crippen LogP contribution in [0.3, 0.4) is 0 Å². The van der Waals surface area contributed by atoms with Gasteiger partial charge < -0.3 is 4.74 Å². The number of nitrogens with one attached hydrogen (secondary N) is 1. The summed E-state index contributed by atoms with van der Waals surface area (Å²) >= 11 is 0. The fraction of sp³-hybridized carbons (Fsp3) is 0.350. The zero-order chi connectivity index (χ0) is 24.3. The second-order valence-electron chi connectivity index (χ2n) is 7.99. The van der Waals surface area contributed by atoms with Crippen LogP contribution in [0.1, 0.15) is 31.9 Å². The van der Waals surface area contributed by atoms with Crippen LogP contribution in [0.4, 0.5) is 14.9 Å². The van der Waals surface area contributed by atoms with Crippen molar-refractivity contribution in [2.24, 2.45) is 0 Å². The quantitative estimate of drug-likeness (QED) is 0.570. The Morgan fingerprint density at radius 3 is 2.19 bits per heavy atom. The van der Waals surface area contributed by atoms with Crippen LogP contribution in [-0.2, 0) is 31.5 Å². The van der Waals surface area contributed by atoms with Gasteiger partial charge in [0.25, 0.3) is 10.0 Å². The first kappa shape index (κ1) is 25.6. The first-order valence-electron chi connectivity index (χ1n) is 9.44. The molecule has 2 N–H and O–H groups in total. The maximum atomic E-state index is 14.0. The Balaban J connectivity index is 2.31. The maximum Gasteiger partial charge on any atom is 0.424 e. The van der Waals surface area contributed by atoms with Crippen LogP contribution in [0, 0.1) is 12.7 Å². The number of anilines is 1. The van der Waals surface area contributed by atoms with Gasteiger partial charge in [0, 0.05) is 6.54 Å². The summed E-state index contributed by atoms with van der Waals surface area (Å²) < 4.78 is 78.4. The number of hydrogen-bond donors (Lipinski definition) is 2. The highest BCUT2D eigenvalue weighted by molar-refractivity contribution is 7.89. The average Bonchev–Trinajstić information content (AvgIpc) is 2.62. The highest BCUT2D eigenvalue weighted by Gasteiger charge is 2.33. The van der Waals surface area contributed by atoms with Crippen LogP contribution >= 0.6 is 0 Å². The molecule has 0 unspecified atom stereocenters. The topological polar surface area (TPSA) is 130 Å². The highest BCUT2D eigenvalue weighted by atomic mass is 32.2. The summed E-state index contributed by atoms with van der Waals surface area (Å²) in [6.45, 7) is 5.93. The number of nitrogens with zero attached hydrogens (tertiary/aromatic N) is 1. The van der Waals surface area contributed by atoms with Gasteiger partial charge in [-0.3, -0.25) is 9.27 Å². The summed E-state index contributed by atoms with van der Waals surface area (Å²) in [5.41, 5.74) is -0.0361. The van der Waals surface area contributed by atoms with Crippen molar-refractivity contribution in [1.29, 1.82) is 0 Å². The Morgan fingerprint density at radius 2 is 1.69 bits per heavy atom. The van der Waals surface area contributed by atoms with Gasteiger partial charge in [-0.1, -0.05) is 18.2 Å². The van der Waals surface area contributed by atoms with E-state index in [1.54, 1.807) is 20.8 Å². The summed E-state index contributed by atoms with van der Waals surface area (Å²) in [6.07, 6.45) is -1.04. The molecule has 0 radical (unpaired) electrons. The van der Waals surface area contributed by atoms with E-state index in [4.69, 9.17) is 9.29 Å². The van der Waals surface area contributed by atoms with Gasteiger partial charge in [0.2, 0.25) is 0 Å². The van der Waals surface area contributed by atoms with Crippen molar-refractivity contribution < 1.29 is 35.3 Å². The smallest absolute Gasteiger partial charge is 0.424 e. The molecule has 0 aliphatic heterocycles. The lowest BCUT2D eigenvalue weighted by Gasteiger charge is -2.27. The molecule has 2 aromatic carbocycles. The van der Waals surface area contributed by atoms with Crippen LogP contribution in [0.15, 0.2) is 47.4 Å². The molecule has 0 aliphatic rings.